The van der Waals surface area contributed by atoms with Gasteiger partial charge in [0.25, 0.3) is 0 Å². The van der Waals surface area contributed by atoms with Crippen molar-refractivity contribution in [2.45, 2.75) is 58.4 Å². The standard InChI is InChI=1S/C16H24N2O/c1-6-16(7-2)14-12(15(4,5)11-17-16)9-10-13(18-14)19-8-3/h9-11H,6-8H2,1-5H3. The van der Waals surface area contributed by atoms with Gasteiger partial charge in [-0.1, -0.05) is 33.8 Å². The van der Waals surface area contributed by atoms with Gasteiger partial charge in [0, 0.05) is 17.7 Å². The minimum absolute atomic E-state index is 0.0546. The molecule has 0 radical (unpaired) electrons. The number of hydrogen-bond acceptors (Lipinski definition) is 3. The van der Waals surface area contributed by atoms with Crippen LogP contribution in [0, 0.1) is 0 Å². The molecule has 3 nitrogen and oxygen atoms in total. The third kappa shape index (κ3) is 2.26. The molecule has 0 bridgehead atoms. The van der Waals surface area contributed by atoms with E-state index in [1.54, 1.807) is 0 Å². The van der Waals surface area contributed by atoms with Crippen molar-refractivity contribution in [3.63, 3.8) is 0 Å². The van der Waals surface area contributed by atoms with Crippen molar-refractivity contribution in [3.05, 3.63) is 23.4 Å². The number of aromatic nitrogens is 1. The van der Waals surface area contributed by atoms with Crippen molar-refractivity contribution in [2.24, 2.45) is 4.99 Å². The van der Waals surface area contributed by atoms with Gasteiger partial charge in [-0.15, -0.1) is 0 Å². The first-order valence-corrected chi connectivity index (χ1v) is 7.20. The molecule has 0 amide bonds. The number of rotatable bonds is 4. The monoisotopic (exact) mass is 260 g/mol. The first-order chi connectivity index (χ1) is 8.99. The largest absolute Gasteiger partial charge is 0.478 e. The Morgan fingerprint density at radius 2 is 1.79 bits per heavy atom. The highest BCUT2D eigenvalue weighted by molar-refractivity contribution is 5.76. The van der Waals surface area contributed by atoms with E-state index in [0.29, 0.717) is 12.5 Å². The highest BCUT2D eigenvalue weighted by Gasteiger charge is 2.39. The van der Waals surface area contributed by atoms with Crippen LogP contribution in [0.3, 0.4) is 0 Å². The molecule has 1 aromatic heterocycles. The second-order valence-corrected chi connectivity index (χ2v) is 5.70. The third-order valence-electron chi connectivity index (χ3n) is 4.10. The molecule has 0 aliphatic carbocycles. The van der Waals surface area contributed by atoms with Crippen LogP contribution in [-0.4, -0.2) is 17.8 Å². The van der Waals surface area contributed by atoms with Crippen LogP contribution in [0.25, 0.3) is 0 Å². The van der Waals surface area contributed by atoms with Gasteiger partial charge in [0.15, 0.2) is 0 Å². The average Bonchev–Trinajstić information content (AvgIpc) is 2.40. The average molecular weight is 260 g/mol. The molecule has 0 aromatic carbocycles. The first-order valence-electron chi connectivity index (χ1n) is 7.20. The van der Waals surface area contributed by atoms with E-state index in [-0.39, 0.29) is 11.0 Å². The van der Waals surface area contributed by atoms with Crippen molar-refractivity contribution in [1.29, 1.82) is 0 Å². The lowest BCUT2D eigenvalue weighted by molar-refractivity contribution is 0.315. The minimum atomic E-state index is -0.183. The summed E-state index contributed by atoms with van der Waals surface area (Å²) in [7, 11) is 0. The van der Waals surface area contributed by atoms with Gasteiger partial charge in [0.05, 0.1) is 12.3 Å². The molecular formula is C16H24N2O. The van der Waals surface area contributed by atoms with E-state index < -0.39 is 0 Å². The predicted molar refractivity (Wildman–Crippen MR) is 79.2 cm³/mol. The summed E-state index contributed by atoms with van der Waals surface area (Å²) in [6.45, 7) is 11.4. The van der Waals surface area contributed by atoms with Crippen LogP contribution in [0.15, 0.2) is 17.1 Å². The topological polar surface area (TPSA) is 34.5 Å². The number of aliphatic imine (C=N–C) groups is 1. The van der Waals surface area contributed by atoms with Gasteiger partial charge in [0.1, 0.15) is 5.54 Å². The molecule has 1 aromatic rings. The minimum Gasteiger partial charge on any atom is -0.478 e. The number of pyridine rings is 1. The smallest absolute Gasteiger partial charge is 0.213 e. The quantitative estimate of drug-likeness (QED) is 0.824. The molecule has 0 unspecified atom stereocenters. The molecule has 1 aliphatic heterocycles. The zero-order chi connectivity index (χ0) is 14.1. The summed E-state index contributed by atoms with van der Waals surface area (Å²) in [6.07, 6.45) is 4.02. The highest BCUT2D eigenvalue weighted by Crippen LogP contribution is 2.42. The van der Waals surface area contributed by atoms with Crippen LogP contribution in [0.1, 0.15) is 58.7 Å². The maximum absolute atomic E-state index is 5.56. The first kappa shape index (κ1) is 14.0. The zero-order valence-corrected chi connectivity index (χ0v) is 12.7. The Morgan fingerprint density at radius 1 is 1.11 bits per heavy atom. The van der Waals surface area contributed by atoms with Gasteiger partial charge in [-0.25, -0.2) is 4.98 Å². The molecule has 2 heterocycles. The van der Waals surface area contributed by atoms with Crippen LogP contribution >= 0.6 is 0 Å². The van der Waals surface area contributed by atoms with E-state index in [4.69, 9.17) is 14.7 Å². The number of fused-ring (bicyclic) bond motifs is 1. The molecule has 1 aliphatic rings. The molecular weight excluding hydrogens is 236 g/mol. The molecule has 0 saturated carbocycles. The maximum Gasteiger partial charge on any atom is 0.213 e. The van der Waals surface area contributed by atoms with Gasteiger partial charge in [-0.05, 0) is 25.3 Å². The molecule has 0 fully saturated rings. The van der Waals surface area contributed by atoms with Crippen LogP contribution in [0.2, 0.25) is 0 Å². The van der Waals surface area contributed by atoms with Crippen molar-refractivity contribution >= 4 is 6.21 Å². The summed E-state index contributed by atoms with van der Waals surface area (Å²) in [5.41, 5.74) is 2.13. The molecule has 0 spiro atoms. The fraction of sp³-hybridized carbons (Fsp3) is 0.625. The predicted octanol–water partition coefficient (Wildman–Crippen LogP) is 3.86. The van der Waals surface area contributed by atoms with Crippen molar-refractivity contribution in [3.8, 4) is 5.88 Å². The van der Waals surface area contributed by atoms with Crippen molar-refractivity contribution in [1.82, 2.24) is 4.98 Å². The Labute approximate surface area is 116 Å². The van der Waals surface area contributed by atoms with E-state index in [2.05, 4.69) is 40.0 Å². The van der Waals surface area contributed by atoms with Crippen LogP contribution < -0.4 is 4.74 Å². The summed E-state index contributed by atoms with van der Waals surface area (Å²) in [5, 5.41) is 0. The Morgan fingerprint density at radius 3 is 2.37 bits per heavy atom. The van der Waals surface area contributed by atoms with E-state index in [9.17, 15) is 0 Å². The molecule has 104 valence electrons. The van der Waals surface area contributed by atoms with E-state index in [0.717, 1.165) is 18.5 Å². The second-order valence-electron chi connectivity index (χ2n) is 5.70. The molecule has 0 atom stereocenters. The van der Waals surface area contributed by atoms with Gasteiger partial charge in [-0.2, -0.15) is 0 Å². The number of ether oxygens (including phenoxy) is 1. The second kappa shape index (κ2) is 4.95. The molecule has 19 heavy (non-hydrogen) atoms. The zero-order valence-electron chi connectivity index (χ0n) is 12.7. The number of nitrogens with zero attached hydrogens (tertiary/aromatic N) is 2. The van der Waals surface area contributed by atoms with Gasteiger partial charge >= 0.3 is 0 Å². The summed E-state index contributed by atoms with van der Waals surface area (Å²) < 4.78 is 5.56. The Hall–Kier alpha value is -1.38. The summed E-state index contributed by atoms with van der Waals surface area (Å²) >= 11 is 0. The SMILES string of the molecule is CCOc1ccc2c(n1)C(CC)(CC)N=CC2(C)C. The molecule has 0 saturated heterocycles. The summed E-state index contributed by atoms with van der Waals surface area (Å²) in [5.74, 6) is 0.709. The fourth-order valence-corrected chi connectivity index (χ4v) is 2.73. The lowest BCUT2D eigenvalue weighted by Crippen LogP contribution is -2.36. The van der Waals surface area contributed by atoms with Crippen LogP contribution in [-0.2, 0) is 11.0 Å². The molecule has 2 rings (SSSR count). The Balaban J connectivity index is 2.61. The Bertz CT molecular complexity index is 488. The lowest BCUT2D eigenvalue weighted by Gasteiger charge is -2.38. The van der Waals surface area contributed by atoms with E-state index in [1.165, 1.54) is 5.56 Å². The highest BCUT2D eigenvalue weighted by atomic mass is 16.5. The van der Waals surface area contributed by atoms with Crippen molar-refractivity contribution in [2.75, 3.05) is 6.61 Å². The molecule has 0 N–H and O–H groups in total. The summed E-state index contributed by atoms with van der Waals surface area (Å²) in [4.78, 5) is 9.61. The van der Waals surface area contributed by atoms with Gasteiger partial charge in [0.2, 0.25) is 5.88 Å². The lowest BCUT2D eigenvalue weighted by atomic mass is 9.74. The third-order valence-corrected chi connectivity index (χ3v) is 4.10. The van der Waals surface area contributed by atoms with Gasteiger partial charge < -0.3 is 4.74 Å². The van der Waals surface area contributed by atoms with E-state index in [1.807, 2.05) is 13.0 Å². The summed E-state index contributed by atoms with van der Waals surface area (Å²) in [6, 6.07) is 4.12. The van der Waals surface area contributed by atoms with Crippen LogP contribution in [0.4, 0.5) is 0 Å². The van der Waals surface area contributed by atoms with E-state index >= 15 is 0 Å². The van der Waals surface area contributed by atoms with Crippen LogP contribution in [0.5, 0.6) is 5.88 Å². The van der Waals surface area contributed by atoms with Gasteiger partial charge in [-0.3, -0.25) is 4.99 Å². The Kier molecular flexibility index (Phi) is 3.66. The normalized spacial score (nSPS) is 19.0. The van der Waals surface area contributed by atoms with Crippen molar-refractivity contribution < 1.29 is 4.74 Å². The number of hydrogen-bond donors (Lipinski definition) is 0. The molecule has 3 heteroatoms. The fourth-order valence-electron chi connectivity index (χ4n) is 2.73. The maximum atomic E-state index is 5.56.